The summed E-state index contributed by atoms with van der Waals surface area (Å²) in [7, 11) is 1.62. The Labute approximate surface area is 182 Å². The molecule has 1 atom stereocenters. The number of carbonyl (C=O) groups is 2. The monoisotopic (exact) mass is 424 g/mol. The lowest BCUT2D eigenvalue weighted by Gasteiger charge is -2.42. The number of hydrogen-bond acceptors (Lipinski definition) is 6. The Morgan fingerprint density at radius 2 is 1.87 bits per heavy atom. The van der Waals surface area contributed by atoms with Crippen molar-refractivity contribution in [3.05, 3.63) is 53.7 Å². The number of morpholine rings is 1. The molecule has 2 amide bonds. The molecule has 0 bridgehead atoms. The number of rotatable bonds is 4. The van der Waals surface area contributed by atoms with Crippen molar-refractivity contribution < 1.29 is 19.1 Å². The van der Waals surface area contributed by atoms with E-state index in [1.807, 2.05) is 35.2 Å². The Morgan fingerprint density at radius 3 is 2.61 bits per heavy atom. The van der Waals surface area contributed by atoms with E-state index in [1.165, 1.54) is 0 Å². The quantitative estimate of drug-likeness (QED) is 0.747. The largest absolute Gasteiger partial charge is 0.496 e. The van der Waals surface area contributed by atoms with E-state index in [-0.39, 0.29) is 17.9 Å². The number of amides is 2. The van der Waals surface area contributed by atoms with Gasteiger partial charge < -0.3 is 24.2 Å². The molecule has 2 aliphatic heterocycles. The summed E-state index contributed by atoms with van der Waals surface area (Å²) >= 11 is 0. The van der Waals surface area contributed by atoms with Gasteiger partial charge in [-0.15, -0.1) is 0 Å². The molecule has 2 aromatic rings. The van der Waals surface area contributed by atoms with Crippen LogP contribution in [0.2, 0.25) is 0 Å². The van der Waals surface area contributed by atoms with Crippen molar-refractivity contribution in [2.45, 2.75) is 13.0 Å². The number of piperazine rings is 1. The first-order valence-corrected chi connectivity index (χ1v) is 10.6. The lowest BCUT2D eigenvalue weighted by Crippen LogP contribution is -2.52. The average Bonchev–Trinajstić information content (AvgIpc) is 2.83. The minimum absolute atomic E-state index is 0.00510. The Hall–Kier alpha value is -3.13. The molecule has 0 spiro atoms. The minimum Gasteiger partial charge on any atom is -0.496 e. The molecule has 0 aliphatic carbocycles. The third-order valence-electron chi connectivity index (χ3n) is 5.91. The minimum atomic E-state index is -0.290. The lowest BCUT2D eigenvalue weighted by molar-refractivity contribution is -0.131. The van der Waals surface area contributed by atoms with Gasteiger partial charge in [0.2, 0.25) is 5.91 Å². The second kappa shape index (κ2) is 9.34. The summed E-state index contributed by atoms with van der Waals surface area (Å²) in [6.45, 7) is 5.78. The molecule has 8 heteroatoms. The highest BCUT2D eigenvalue weighted by atomic mass is 16.5. The van der Waals surface area contributed by atoms with Crippen molar-refractivity contribution in [2.24, 2.45) is 0 Å². The van der Waals surface area contributed by atoms with Crippen molar-refractivity contribution in [3.63, 3.8) is 0 Å². The maximum absolute atomic E-state index is 13.6. The van der Waals surface area contributed by atoms with Gasteiger partial charge in [0.25, 0.3) is 5.91 Å². The first-order valence-electron chi connectivity index (χ1n) is 10.6. The highest BCUT2D eigenvalue weighted by Crippen LogP contribution is 2.33. The summed E-state index contributed by atoms with van der Waals surface area (Å²) in [6.07, 6.45) is 1.68. The van der Waals surface area contributed by atoms with Gasteiger partial charge in [-0.25, -0.2) is 4.98 Å². The third kappa shape index (κ3) is 4.49. The normalized spacial score (nSPS) is 19.3. The van der Waals surface area contributed by atoms with Crippen LogP contribution in [0.25, 0.3) is 0 Å². The Morgan fingerprint density at radius 1 is 1.10 bits per heavy atom. The molecule has 31 heavy (non-hydrogen) atoms. The number of hydrogen-bond donors (Lipinski definition) is 0. The van der Waals surface area contributed by atoms with Gasteiger partial charge >= 0.3 is 0 Å². The zero-order valence-electron chi connectivity index (χ0n) is 18.0. The fourth-order valence-electron chi connectivity index (χ4n) is 4.20. The molecule has 8 nitrogen and oxygen atoms in total. The van der Waals surface area contributed by atoms with Crippen LogP contribution in [0.15, 0.2) is 42.6 Å². The molecule has 1 aromatic carbocycles. The van der Waals surface area contributed by atoms with Crippen LogP contribution < -0.4 is 9.64 Å². The van der Waals surface area contributed by atoms with Crippen LogP contribution in [0.1, 0.15) is 28.9 Å². The number of anilines is 1. The molecular formula is C23H28N4O4. The number of aromatic nitrogens is 1. The second-order valence-electron chi connectivity index (χ2n) is 7.72. The molecule has 2 fully saturated rings. The van der Waals surface area contributed by atoms with Crippen molar-refractivity contribution in [2.75, 3.05) is 57.9 Å². The maximum Gasteiger partial charge on any atom is 0.254 e. The Bertz CT molecular complexity index is 945. The lowest BCUT2D eigenvalue weighted by atomic mass is 10.00. The smallest absolute Gasteiger partial charge is 0.254 e. The molecule has 0 unspecified atom stereocenters. The van der Waals surface area contributed by atoms with Crippen molar-refractivity contribution in [1.82, 2.24) is 14.8 Å². The maximum atomic E-state index is 13.6. The fourth-order valence-corrected chi connectivity index (χ4v) is 4.20. The van der Waals surface area contributed by atoms with E-state index in [9.17, 15) is 9.59 Å². The summed E-state index contributed by atoms with van der Waals surface area (Å²) in [6, 6.07) is 11.0. The van der Waals surface area contributed by atoms with Gasteiger partial charge in [0, 0.05) is 57.0 Å². The molecular weight excluding hydrogens is 396 g/mol. The SMILES string of the molecule is COc1ccccc1[C@@H]1CN(C(C)=O)CCN1C(=O)c1ccnc(N2CCOCC2)c1. The summed E-state index contributed by atoms with van der Waals surface area (Å²) in [5.74, 6) is 1.42. The zero-order chi connectivity index (χ0) is 21.8. The van der Waals surface area contributed by atoms with Crippen LogP contribution in [0.4, 0.5) is 5.82 Å². The first-order chi connectivity index (χ1) is 15.1. The number of nitrogens with zero attached hydrogens (tertiary/aromatic N) is 4. The predicted molar refractivity (Wildman–Crippen MR) is 116 cm³/mol. The molecule has 3 heterocycles. The molecule has 0 radical (unpaired) electrons. The van der Waals surface area contributed by atoms with Crippen LogP contribution in [0, 0.1) is 0 Å². The van der Waals surface area contributed by atoms with Gasteiger partial charge in [0.05, 0.1) is 26.4 Å². The van der Waals surface area contributed by atoms with E-state index in [0.717, 1.165) is 24.5 Å². The van der Waals surface area contributed by atoms with Crippen LogP contribution >= 0.6 is 0 Å². The van der Waals surface area contributed by atoms with E-state index in [1.54, 1.807) is 31.2 Å². The molecule has 0 N–H and O–H groups in total. The van der Waals surface area contributed by atoms with Gasteiger partial charge in [0.15, 0.2) is 0 Å². The van der Waals surface area contributed by atoms with E-state index < -0.39 is 0 Å². The van der Waals surface area contributed by atoms with Crippen molar-refractivity contribution in [1.29, 1.82) is 0 Å². The van der Waals surface area contributed by atoms with Crippen LogP contribution in [0.3, 0.4) is 0 Å². The number of benzene rings is 1. The van der Waals surface area contributed by atoms with Crippen molar-refractivity contribution in [3.8, 4) is 5.75 Å². The predicted octanol–water partition coefficient (Wildman–Crippen LogP) is 1.97. The highest BCUT2D eigenvalue weighted by molar-refractivity contribution is 5.95. The Kier molecular flexibility index (Phi) is 6.36. The Balaban J connectivity index is 1.64. The summed E-state index contributed by atoms with van der Waals surface area (Å²) in [4.78, 5) is 35.9. The summed E-state index contributed by atoms with van der Waals surface area (Å²) in [5, 5.41) is 0. The van der Waals surface area contributed by atoms with Crippen molar-refractivity contribution >= 4 is 17.6 Å². The average molecular weight is 425 g/mol. The van der Waals surface area contributed by atoms with Gasteiger partial charge in [-0.3, -0.25) is 9.59 Å². The molecule has 4 rings (SSSR count). The molecule has 2 saturated heterocycles. The number of pyridine rings is 1. The van der Waals surface area contributed by atoms with E-state index >= 15 is 0 Å². The van der Waals surface area contributed by atoms with Crippen LogP contribution in [0.5, 0.6) is 5.75 Å². The molecule has 2 aliphatic rings. The topological polar surface area (TPSA) is 75.2 Å². The molecule has 164 valence electrons. The van der Waals surface area contributed by atoms with Gasteiger partial charge in [-0.1, -0.05) is 18.2 Å². The van der Waals surface area contributed by atoms with Gasteiger partial charge in [-0.05, 0) is 18.2 Å². The van der Waals surface area contributed by atoms with E-state index in [0.29, 0.717) is 44.2 Å². The molecule has 0 saturated carbocycles. The number of methoxy groups -OCH3 is 1. The third-order valence-corrected chi connectivity index (χ3v) is 5.91. The first kappa shape index (κ1) is 21.1. The van der Waals surface area contributed by atoms with E-state index in [4.69, 9.17) is 9.47 Å². The number of ether oxygens (including phenoxy) is 2. The van der Waals surface area contributed by atoms with E-state index in [2.05, 4.69) is 9.88 Å². The summed E-state index contributed by atoms with van der Waals surface area (Å²) in [5.41, 5.74) is 1.49. The van der Waals surface area contributed by atoms with Gasteiger partial charge in [0.1, 0.15) is 11.6 Å². The standard InChI is InChI=1S/C23H28N4O4/c1-17(28)26-9-10-27(20(16-26)19-5-3-4-6-21(19)30-2)23(29)18-7-8-24-22(15-18)25-11-13-31-14-12-25/h3-8,15,20H,9-14,16H2,1-2H3/t20-/m0/s1. The molecule has 1 aromatic heterocycles. The second-order valence-corrected chi connectivity index (χ2v) is 7.72. The highest BCUT2D eigenvalue weighted by Gasteiger charge is 2.34. The number of carbonyl (C=O) groups excluding carboxylic acids is 2. The zero-order valence-corrected chi connectivity index (χ0v) is 18.0. The number of para-hydroxylation sites is 1. The van der Waals surface area contributed by atoms with Crippen LogP contribution in [-0.2, 0) is 9.53 Å². The van der Waals surface area contributed by atoms with Crippen LogP contribution in [-0.4, -0.2) is 79.6 Å². The van der Waals surface area contributed by atoms with Gasteiger partial charge in [-0.2, -0.15) is 0 Å². The fraction of sp³-hybridized carbons (Fsp3) is 0.435. The summed E-state index contributed by atoms with van der Waals surface area (Å²) < 4.78 is 11.0.